The number of aryl methyl sites for hydroxylation is 1. The van der Waals surface area contributed by atoms with Gasteiger partial charge in [0.25, 0.3) is 0 Å². The van der Waals surface area contributed by atoms with E-state index in [1.807, 2.05) is 18.2 Å². The molecule has 0 amide bonds. The van der Waals surface area contributed by atoms with Crippen molar-refractivity contribution in [1.29, 1.82) is 0 Å². The Morgan fingerprint density at radius 2 is 2.00 bits per heavy atom. The Balaban J connectivity index is 2.18. The number of hydrogen-bond acceptors (Lipinski definition) is 4. The molecule has 0 aliphatic carbocycles. The fourth-order valence-corrected chi connectivity index (χ4v) is 3.53. The van der Waals surface area contributed by atoms with Crippen molar-refractivity contribution in [2.45, 2.75) is 6.92 Å². The lowest BCUT2D eigenvalue weighted by Gasteiger charge is -1.89. The van der Waals surface area contributed by atoms with Gasteiger partial charge in [-0.1, -0.05) is 0 Å². The molecule has 0 radical (unpaired) electrons. The first-order chi connectivity index (χ1) is 7.72. The zero-order chi connectivity index (χ0) is 11.1. The van der Waals surface area contributed by atoms with Crippen molar-refractivity contribution in [3.63, 3.8) is 0 Å². The second-order valence-electron chi connectivity index (χ2n) is 3.66. The van der Waals surface area contributed by atoms with Crippen LogP contribution in [0, 0.1) is 6.92 Å². The van der Waals surface area contributed by atoms with Crippen LogP contribution in [0.5, 0.6) is 0 Å². The standard InChI is InChI=1S/C12H10N2S2/c1-7-2-5-10(15-7)12-14-9-4-3-8(13)6-11(9)16-12/h2-6H,13H2,1H3. The predicted octanol–water partition coefficient (Wildman–Crippen LogP) is 3.92. The van der Waals surface area contributed by atoms with E-state index in [0.717, 1.165) is 20.9 Å². The number of nitrogens with two attached hydrogens (primary N) is 1. The van der Waals surface area contributed by atoms with Crippen LogP contribution in [0.2, 0.25) is 0 Å². The second-order valence-corrected chi connectivity index (χ2v) is 5.98. The van der Waals surface area contributed by atoms with Crippen LogP contribution in [0.25, 0.3) is 20.1 Å². The summed E-state index contributed by atoms with van der Waals surface area (Å²) >= 11 is 3.47. The lowest BCUT2D eigenvalue weighted by atomic mass is 10.3. The van der Waals surface area contributed by atoms with Crippen molar-refractivity contribution in [1.82, 2.24) is 4.98 Å². The SMILES string of the molecule is Cc1ccc(-c2nc3ccc(N)cc3s2)s1. The van der Waals surface area contributed by atoms with E-state index < -0.39 is 0 Å². The van der Waals surface area contributed by atoms with Gasteiger partial charge in [-0.3, -0.25) is 0 Å². The molecule has 3 aromatic rings. The summed E-state index contributed by atoms with van der Waals surface area (Å²) in [5.41, 5.74) is 7.58. The molecular weight excluding hydrogens is 236 g/mol. The van der Waals surface area contributed by atoms with Crippen LogP contribution in [0.1, 0.15) is 4.88 Å². The van der Waals surface area contributed by atoms with Crippen LogP contribution < -0.4 is 5.73 Å². The van der Waals surface area contributed by atoms with E-state index in [2.05, 4.69) is 24.0 Å². The molecule has 0 fully saturated rings. The maximum atomic E-state index is 5.76. The molecule has 0 atom stereocenters. The highest BCUT2D eigenvalue weighted by atomic mass is 32.1. The zero-order valence-electron chi connectivity index (χ0n) is 8.73. The van der Waals surface area contributed by atoms with Crippen LogP contribution in [-0.2, 0) is 0 Å². The molecule has 0 spiro atoms. The molecule has 0 bridgehead atoms. The smallest absolute Gasteiger partial charge is 0.134 e. The van der Waals surface area contributed by atoms with E-state index in [4.69, 9.17) is 5.73 Å². The number of thiophene rings is 1. The first kappa shape index (κ1) is 9.81. The van der Waals surface area contributed by atoms with Gasteiger partial charge in [0.15, 0.2) is 0 Å². The minimum absolute atomic E-state index is 0.796. The molecule has 0 unspecified atom stereocenters. The normalized spacial score (nSPS) is 11.1. The van der Waals surface area contributed by atoms with Crippen LogP contribution in [0.15, 0.2) is 30.3 Å². The van der Waals surface area contributed by atoms with Crippen molar-refractivity contribution in [2.75, 3.05) is 5.73 Å². The van der Waals surface area contributed by atoms with Crippen LogP contribution in [-0.4, -0.2) is 4.98 Å². The minimum Gasteiger partial charge on any atom is -0.399 e. The molecule has 16 heavy (non-hydrogen) atoms. The van der Waals surface area contributed by atoms with Gasteiger partial charge in [0, 0.05) is 10.6 Å². The number of fused-ring (bicyclic) bond motifs is 1. The summed E-state index contributed by atoms with van der Waals surface area (Å²) in [5, 5.41) is 1.08. The topological polar surface area (TPSA) is 38.9 Å². The van der Waals surface area contributed by atoms with E-state index in [1.165, 1.54) is 9.75 Å². The van der Waals surface area contributed by atoms with E-state index in [1.54, 1.807) is 22.7 Å². The highest BCUT2D eigenvalue weighted by Gasteiger charge is 2.07. The Bertz CT molecular complexity index is 652. The number of nitrogens with zero attached hydrogens (tertiary/aromatic N) is 1. The fraction of sp³-hybridized carbons (Fsp3) is 0.0833. The Kier molecular flexibility index (Phi) is 2.19. The summed E-state index contributed by atoms with van der Waals surface area (Å²) in [5.74, 6) is 0. The Hall–Kier alpha value is -1.39. The van der Waals surface area contributed by atoms with Crippen molar-refractivity contribution in [3.05, 3.63) is 35.2 Å². The van der Waals surface area contributed by atoms with Crippen molar-refractivity contribution in [3.8, 4) is 9.88 Å². The van der Waals surface area contributed by atoms with Crippen molar-refractivity contribution in [2.24, 2.45) is 0 Å². The number of hydrogen-bond donors (Lipinski definition) is 1. The first-order valence-corrected chi connectivity index (χ1v) is 6.58. The molecule has 0 saturated carbocycles. The molecule has 80 valence electrons. The van der Waals surface area contributed by atoms with Gasteiger partial charge in [0.1, 0.15) is 5.01 Å². The number of benzene rings is 1. The number of nitrogen functional groups attached to an aromatic ring is 1. The lowest BCUT2D eigenvalue weighted by molar-refractivity contribution is 1.50. The summed E-state index contributed by atoms with van der Waals surface area (Å²) in [6.45, 7) is 2.11. The molecule has 4 heteroatoms. The maximum Gasteiger partial charge on any atom is 0.134 e. The van der Waals surface area contributed by atoms with E-state index in [9.17, 15) is 0 Å². The zero-order valence-corrected chi connectivity index (χ0v) is 10.4. The number of rotatable bonds is 1. The molecule has 0 aliphatic heterocycles. The van der Waals surface area contributed by atoms with Gasteiger partial charge in [0.2, 0.25) is 0 Å². The molecule has 1 aromatic carbocycles. The van der Waals surface area contributed by atoms with Gasteiger partial charge in [-0.05, 0) is 37.3 Å². The van der Waals surface area contributed by atoms with Crippen LogP contribution in [0.4, 0.5) is 5.69 Å². The average Bonchev–Trinajstić information content (AvgIpc) is 2.83. The number of anilines is 1. The Morgan fingerprint density at radius 1 is 1.12 bits per heavy atom. The molecule has 2 nitrogen and oxygen atoms in total. The molecule has 0 saturated heterocycles. The van der Waals surface area contributed by atoms with Gasteiger partial charge in [-0.2, -0.15) is 0 Å². The van der Waals surface area contributed by atoms with E-state index in [0.29, 0.717) is 0 Å². The molecule has 3 rings (SSSR count). The summed E-state index contributed by atoms with van der Waals surface area (Å²) < 4.78 is 1.15. The number of thiazole rings is 1. The van der Waals surface area contributed by atoms with Crippen LogP contribution >= 0.6 is 22.7 Å². The minimum atomic E-state index is 0.796. The van der Waals surface area contributed by atoms with Crippen LogP contribution in [0.3, 0.4) is 0 Å². The monoisotopic (exact) mass is 246 g/mol. The van der Waals surface area contributed by atoms with Gasteiger partial charge < -0.3 is 5.73 Å². The van der Waals surface area contributed by atoms with Crippen molar-refractivity contribution < 1.29 is 0 Å². The third-order valence-electron chi connectivity index (χ3n) is 2.36. The summed E-state index contributed by atoms with van der Waals surface area (Å²) in [6, 6.07) is 10.1. The van der Waals surface area contributed by atoms with E-state index >= 15 is 0 Å². The number of aromatic nitrogens is 1. The third-order valence-corrected chi connectivity index (χ3v) is 4.55. The highest BCUT2D eigenvalue weighted by Crippen LogP contribution is 2.34. The molecular formula is C12H10N2S2. The quantitative estimate of drug-likeness (QED) is 0.661. The average molecular weight is 246 g/mol. The van der Waals surface area contributed by atoms with Gasteiger partial charge in [-0.25, -0.2) is 4.98 Å². The molecule has 2 aromatic heterocycles. The maximum absolute atomic E-state index is 5.76. The summed E-state index contributed by atoms with van der Waals surface area (Å²) in [6.07, 6.45) is 0. The summed E-state index contributed by atoms with van der Waals surface area (Å²) in [7, 11) is 0. The molecule has 0 aliphatic rings. The molecule has 2 N–H and O–H groups in total. The highest BCUT2D eigenvalue weighted by molar-refractivity contribution is 7.25. The third kappa shape index (κ3) is 1.60. The largest absolute Gasteiger partial charge is 0.399 e. The Morgan fingerprint density at radius 3 is 2.75 bits per heavy atom. The van der Waals surface area contributed by atoms with Gasteiger partial charge >= 0.3 is 0 Å². The first-order valence-electron chi connectivity index (χ1n) is 4.95. The fourth-order valence-electron chi connectivity index (χ4n) is 1.60. The second kappa shape index (κ2) is 3.57. The van der Waals surface area contributed by atoms with Gasteiger partial charge in [0.05, 0.1) is 15.1 Å². The lowest BCUT2D eigenvalue weighted by Crippen LogP contribution is -1.81. The predicted molar refractivity (Wildman–Crippen MR) is 72.1 cm³/mol. The Labute approximate surface area is 101 Å². The molecule has 2 heterocycles. The summed E-state index contributed by atoms with van der Waals surface area (Å²) in [4.78, 5) is 7.16. The van der Waals surface area contributed by atoms with E-state index in [-0.39, 0.29) is 0 Å². The van der Waals surface area contributed by atoms with Crippen molar-refractivity contribution >= 4 is 38.6 Å². The van der Waals surface area contributed by atoms with Gasteiger partial charge in [-0.15, -0.1) is 22.7 Å².